The maximum atomic E-state index is 13.4. The number of carbonyl (C=O) groups is 1. The molecule has 2 aliphatic heterocycles. The Morgan fingerprint density at radius 1 is 1.00 bits per heavy atom. The predicted octanol–water partition coefficient (Wildman–Crippen LogP) is -3.41. The highest BCUT2D eigenvalue weighted by Gasteiger charge is 2.28. The van der Waals surface area contributed by atoms with E-state index in [9.17, 15) is 4.79 Å². The average molecular weight is 659 g/mol. The lowest BCUT2D eigenvalue weighted by Crippen LogP contribution is -2.78. The van der Waals surface area contributed by atoms with E-state index in [-0.39, 0.29) is 18.5 Å². The second-order valence-corrected chi connectivity index (χ2v) is 10.9. The van der Waals surface area contributed by atoms with Gasteiger partial charge in [0.1, 0.15) is 12.6 Å². The molecule has 18 heteroatoms. The second-order valence-electron chi connectivity index (χ2n) is 10.9. The van der Waals surface area contributed by atoms with E-state index in [2.05, 4.69) is 41.3 Å². The van der Waals surface area contributed by atoms with Crippen molar-refractivity contribution in [3.63, 3.8) is 0 Å². The summed E-state index contributed by atoms with van der Waals surface area (Å²) >= 11 is 0. The summed E-state index contributed by atoms with van der Waals surface area (Å²) in [5.41, 5.74) is 11.7. The number of nitrogens with one attached hydrogen (secondary N) is 2. The molecule has 2 fully saturated rings. The highest BCUT2D eigenvalue weighted by molar-refractivity contribution is 5.80. The van der Waals surface area contributed by atoms with Crippen molar-refractivity contribution >= 4 is 29.7 Å². The zero-order valence-electron chi connectivity index (χ0n) is 27.2. The first-order valence-corrected chi connectivity index (χ1v) is 16.0. The number of hydrogen-bond acceptors (Lipinski definition) is 13. The van der Waals surface area contributed by atoms with Gasteiger partial charge in [0.05, 0.1) is 58.5 Å². The number of amides is 1. The molecule has 2 saturated heterocycles. The van der Waals surface area contributed by atoms with E-state index >= 15 is 0 Å². The summed E-state index contributed by atoms with van der Waals surface area (Å²) < 4.78 is 23.4. The van der Waals surface area contributed by atoms with Gasteiger partial charge in [-0.1, -0.05) is 11.1 Å². The number of rotatable bonds is 19. The van der Waals surface area contributed by atoms with Crippen LogP contribution in [-0.2, 0) is 30.2 Å². The molecule has 1 atom stereocenters. The van der Waals surface area contributed by atoms with E-state index in [1.165, 1.54) is 0 Å². The Bertz CT molecular complexity index is 1300. The molecule has 0 bridgehead atoms. The quantitative estimate of drug-likeness (QED) is 0.0501. The van der Waals surface area contributed by atoms with Gasteiger partial charge in [-0.05, 0) is 19.8 Å². The molecule has 2 aromatic rings. The molecule has 6 N–H and O–H groups in total. The molecule has 1 amide bonds. The van der Waals surface area contributed by atoms with Crippen molar-refractivity contribution in [2.75, 3.05) is 120 Å². The highest BCUT2D eigenvalue weighted by Crippen LogP contribution is 2.20. The van der Waals surface area contributed by atoms with Gasteiger partial charge in [0.25, 0.3) is 0 Å². The van der Waals surface area contributed by atoms with Crippen molar-refractivity contribution in [2.45, 2.75) is 25.8 Å². The third-order valence-corrected chi connectivity index (χ3v) is 7.49. The number of nitrogens with two attached hydrogens (primary N) is 2. The molecule has 2 aliphatic rings. The number of aryl methyl sites for hydroxylation is 1. The zero-order chi connectivity index (χ0) is 33.3. The van der Waals surface area contributed by atoms with E-state index < -0.39 is 6.04 Å². The minimum atomic E-state index is -0.475. The molecule has 18 nitrogen and oxygen atoms in total. The van der Waals surface area contributed by atoms with Crippen LogP contribution in [0.1, 0.15) is 25.1 Å². The van der Waals surface area contributed by atoms with Crippen LogP contribution in [-0.4, -0.2) is 152 Å². The van der Waals surface area contributed by atoms with Crippen molar-refractivity contribution in [1.29, 1.82) is 0 Å². The summed E-state index contributed by atoms with van der Waals surface area (Å²) in [5.74, 6) is 4.22. The topological polar surface area (TPSA) is 211 Å². The van der Waals surface area contributed by atoms with Gasteiger partial charge < -0.3 is 39.0 Å². The lowest BCUT2D eigenvalue weighted by molar-refractivity contribution is -0.459. The summed E-state index contributed by atoms with van der Waals surface area (Å²) in [6.07, 6.45) is 8.45. The predicted molar refractivity (Wildman–Crippen MR) is 174 cm³/mol. The Labute approximate surface area is 275 Å². The molecule has 4 heterocycles. The normalized spacial score (nSPS) is 15.7. The summed E-state index contributed by atoms with van der Waals surface area (Å²) in [5, 5.41) is 11.7. The van der Waals surface area contributed by atoms with Crippen LogP contribution >= 0.6 is 0 Å². The van der Waals surface area contributed by atoms with Crippen LogP contribution in [0.3, 0.4) is 0 Å². The van der Waals surface area contributed by atoms with Crippen LogP contribution in [0.25, 0.3) is 0 Å². The minimum Gasteiger partial charge on any atom is -0.378 e. The van der Waals surface area contributed by atoms with Crippen LogP contribution < -0.4 is 31.6 Å². The minimum absolute atomic E-state index is 0.0112. The maximum absolute atomic E-state index is 13.4. The molecule has 258 valence electrons. The summed E-state index contributed by atoms with van der Waals surface area (Å²) in [4.78, 5) is 36.5. The molecule has 2 aromatic heterocycles. The van der Waals surface area contributed by atoms with E-state index in [0.717, 1.165) is 12.1 Å². The van der Waals surface area contributed by atoms with Crippen LogP contribution in [0.2, 0.25) is 0 Å². The van der Waals surface area contributed by atoms with E-state index in [0.29, 0.717) is 123 Å². The number of hydrogen-bond donors (Lipinski definition) is 4. The van der Waals surface area contributed by atoms with Crippen molar-refractivity contribution in [1.82, 2.24) is 34.8 Å². The van der Waals surface area contributed by atoms with Crippen molar-refractivity contribution in [2.24, 2.45) is 11.5 Å². The molecule has 4 rings (SSSR count). The molecular weight excluding hydrogens is 610 g/mol. The van der Waals surface area contributed by atoms with Crippen LogP contribution in [0.4, 0.5) is 17.8 Å². The third kappa shape index (κ3) is 11.8. The monoisotopic (exact) mass is 658 g/mol. The first-order valence-electron chi connectivity index (χ1n) is 16.0. The summed E-state index contributed by atoms with van der Waals surface area (Å²) in [6.45, 7) is 10.4. The Hall–Kier alpha value is -4.31. The van der Waals surface area contributed by atoms with Gasteiger partial charge in [-0.15, -0.1) is 11.5 Å². The number of ether oxygens (including phenoxy) is 4. The van der Waals surface area contributed by atoms with E-state index in [4.69, 9.17) is 46.8 Å². The van der Waals surface area contributed by atoms with Crippen molar-refractivity contribution < 1.29 is 28.7 Å². The molecule has 0 aromatic carbocycles. The van der Waals surface area contributed by atoms with Gasteiger partial charge in [0.15, 0.2) is 0 Å². The van der Waals surface area contributed by atoms with E-state index in [1.807, 2.05) is 18.0 Å². The van der Waals surface area contributed by atoms with E-state index in [1.54, 1.807) is 4.68 Å². The number of guanidine groups is 1. The zero-order valence-corrected chi connectivity index (χ0v) is 27.2. The van der Waals surface area contributed by atoms with Crippen LogP contribution in [0.5, 0.6) is 0 Å². The van der Waals surface area contributed by atoms with Gasteiger partial charge >= 0.3 is 5.96 Å². The van der Waals surface area contributed by atoms with Gasteiger partial charge in [-0.3, -0.25) is 21.3 Å². The lowest BCUT2D eigenvalue weighted by Gasteiger charge is -2.36. The number of aromatic nitrogens is 6. The fourth-order valence-electron chi connectivity index (χ4n) is 4.91. The molecule has 0 unspecified atom stereocenters. The second kappa shape index (κ2) is 19.4. The smallest absolute Gasteiger partial charge is 0.338 e. The number of terminal acetylenes is 1. The Balaban J connectivity index is 1.26. The van der Waals surface area contributed by atoms with Crippen molar-refractivity contribution in [3.05, 3.63) is 11.9 Å². The fraction of sp³-hybridized carbons (Fsp3) is 0.690. The van der Waals surface area contributed by atoms with Gasteiger partial charge in [-0.25, -0.2) is 4.68 Å². The molecule has 0 spiro atoms. The van der Waals surface area contributed by atoms with Crippen molar-refractivity contribution in [3.8, 4) is 12.3 Å². The van der Waals surface area contributed by atoms with Gasteiger partial charge in [0, 0.05) is 52.0 Å². The average Bonchev–Trinajstić information content (AvgIpc) is 3.58. The largest absolute Gasteiger partial charge is 0.378 e. The summed E-state index contributed by atoms with van der Waals surface area (Å²) in [6, 6.07) is -0.475. The number of nitrogens with zero attached hydrogens (tertiary/aromatic N) is 9. The third-order valence-electron chi connectivity index (χ3n) is 7.49. The van der Waals surface area contributed by atoms with Gasteiger partial charge in [0.2, 0.25) is 23.8 Å². The van der Waals surface area contributed by atoms with Crippen LogP contribution in [0, 0.1) is 12.3 Å². The number of piperazine rings is 1. The lowest BCUT2D eigenvalue weighted by atomic mass is 10.2. The highest BCUT2D eigenvalue weighted by atomic mass is 16.5. The molecular formula is C29H48N13O5+. The SMILES string of the molecule is C#CCOCCOCCOCCNc1nc(N2CCOCC2)nc(N2CCN(C(=O)[C@H](C)n3cc(CCC[NH+]=C(N)N)nn3)CC2)n1. The Kier molecular flexibility index (Phi) is 14.7. The molecule has 0 aliphatic carbocycles. The first kappa shape index (κ1) is 35.5. The molecule has 0 saturated carbocycles. The first-order chi connectivity index (χ1) is 22.9. The maximum Gasteiger partial charge on any atom is 0.338 e. The van der Waals surface area contributed by atoms with Crippen LogP contribution in [0.15, 0.2) is 6.20 Å². The molecule has 47 heavy (non-hydrogen) atoms. The summed E-state index contributed by atoms with van der Waals surface area (Å²) in [7, 11) is 0. The fourth-order valence-corrected chi connectivity index (χ4v) is 4.91. The van der Waals surface area contributed by atoms with Gasteiger partial charge in [-0.2, -0.15) is 15.0 Å². The number of anilines is 3. The number of morpholine rings is 1. The Morgan fingerprint density at radius 2 is 1.66 bits per heavy atom. The molecule has 0 radical (unpaired) electrons. The Morgan fingerprint density at radius 3 is 2.34 bits per heavy atom. The standard InChI is InChI=1S/C29H47N13O5/c1-3-14-44-18-20-47-21-19-45-15-7-33-27-34-28(36-29(35-27)41-12-16-46-17-13-41)40-10-8-39(9-11-40)25(43)23(2)42-22-24(37-38-42)5-4-6-32-26(30)31/h1,22-23H,4-21H2,2H3,(H4,30,31,32)(H,33,34,35,36)/p+1/t23-/m0/s1. The number of carbonyl (C=O) groups excluding carboxylic acids is 1.